The first-order chi connectivity index (χ1) is 14.9. The van der Waals surface area contributed by atoms with Crippen molar-refractivity contribution in [3.63, 3.8) is 0 Å². The van der Waals surface area contributed by atoms with E-state index in [1.807, 2.05) is 31.2 Å². The summed E-state index contributed by atoms with van der Waals surface area (Å²) >= 11 is 6.46. The number of allylic oxidation sites excluding steroid dienone is 2. The van der Waals surface area contributed by atoms with Gasteiger partial charge in [0.25, 0.3) is 0 Å². The molecule has 0 saturated carbocycles. The van der Waals surface area contributed by atoms with Crippen molar-refractivity contribution in [2.24, 2.45) is 0 Å². The average molecular weight is 430 g/mol. The van der Waals surface area contributed by atoms with Crippen LogP contribution in [0.1, 0.15) is 27.9 Å². The van der Waals surface area contributed by atoms with Crippen molar-refractivity contribution in [3.05, 3.63) is 106 Å². The van der Waals surface area contributed by atoms with Gasteiger partial charge in [-0.3, -0.25) is 4.98 Å². The lowest BCUT2D eigenvalue weighted by molar-refractivity contribution is 0.301. The lowest BCUT2D eigenvalue weighted by Gasteiger charge is -2.18. The number of benzene rings is 2. The van der Waals surface area contributed by atoms with Gasteiger partial charge in [0.2, 0.25) is 0 Å². The predicted molar refractivity (Wildman–Crippen MR) is 127 cm³/mol. The van der Waals surface area contributed by atoms with E-state index in [9.17, 15) is 5.26 Å². The van der Waals surface area contributed by atoms with E-state index in [1.165, 1.54) is 5.56 Å². The molecule has 1 N–H and O–H groups in total. The fourth-order valence-corrected chi connectivity index (χ4v) is 3.42. The Morgan fingerprint density at radius 1 is 1.13 bits per heavy atom. The van der Waals surface area contributed by atoms with Gasteiger partial charge in [-0.2, -0.15) is 5.26 Å². The van der Waals surface area contributed by atoms with Crippen LogP contribution in [0.25, 0.3) is 5.70 Å². The number of nitrogens with one attached hydrogen (secondary N) is 1. The topological polar surface area (TPSA) is 57.9 Å². The Kier molecular flexibility index (Phi) is 7.12. The van der Waals surface area contributed by atoms with E-state index in [1.54, 1.807) is 24.4 Å². The molecule has 0 unspecified atom stereocenters. The number of nitriles is 1. The molecule has 31 heavy (non-hydrogen) atoms. The zero-order valence-corrected chi connectivity index (χ0v) is 18.6. The molecular weight excluding hydrogens is 406 g/mol. The van der Waals surface area contributed by atoms with Gasteiger partial charge in [-0.1, -0.05) is 30.3 Å². The Balaban J connectivity index is 1.90. The number of pyridine rings is 1. The number of ether oxygens (including phenoxy) is 1. The largest absolute Gasteiger partial charge is 0.486 e. The number of halogens is 1. The highest BCUT2D eigenvalue weighted by atomic mass is 35.5. The van der Waals surface area contributed by atoms with Crippen LogP contribution in [0, 0.1) is 32.1 Å². The van der Waals surface area contributed by atoms with Crippen LogP contribution in [0.5, 0.6) is 5.75 Å². The highest BCUT2D eigenvalue weighted by Crippen LogP contribution is 2.32. The zero-order valence-electron chi connectivity index (χ0n) is 17.9. The van der Waals surface area contributed by atoms with Crippen molar-refractivity contribution in [3.8, 4) is 11.8 Å². The van der Waals surface area contributed by atoms with Crippen LogP contribution < -0.4 is 10.1 Å². The van der Waals surface area contributed by atoms with E-state index in [0.717, 1.165) is 28.1 Å². The standard InChI is InChI=1S/C26H24ClN3O/c1-5-20(15-28)26(23-13-18(3)17(2)12-19(23)4)30-21-9-10-25(24(27)14-21)31-16-22-8-6-7-11-29-22/h5-14,30H,1,16H2,2-4H3/b26-20-. The van der Waals surface area contributed by atoms with Crippen LogP contribution in [0.2, 0.25) is 5.02 Å². The third-order valence-electron chi connectivity index (χ3n) is 5.01. The fourth-order valence-electron chi connectivity index (χ4n) is 3.19. The number of anilines is 1. The average Bonchev–Trinajstić information content (AvgIpc) is 2.76. The molecular formula is C26H24ClN3O. The van der Waals surface area contributed by atoms with Crippen LogP contribution in [0.15, 0.2) is 73.0 Å². The summed E-state index contributed by atoms with van der Waals surface area (Å²) in [6.45, 7) is 10.3. The number of rotatable bonds is 7. The number of aromatic nitrogens is 1. The maximum atomic E-state index is 9.66. The third-order valence-corrected chi connectivity index (χ3v) is 5.30. The Bertz CT molecular complexity index is 1180. The van der Waals surface area contributed by atoms with Gasteiger partial charge in [0, 0.05) is 17.4 Å². The first-order valence-electron chi connectivity index (χ1n) is 9.87. The van der Waals surface area contributed by atoms with Gasteiger partial charge in [-0.05, 0) is 79.9 Å². The normalized spacial score (nSPS) is 11.3. The van der Waals surface area contributed by atoms with Crippen LogP contribution in [0.4, 0.5) is 5.69 Å². The highest BCUT2D eigenvalue weighted by molar-refractivity contribution is 6.32. The second kappa shape index (κ2) is 9.97. The summed E-state index contributed by atoms with van der Waals surface area (Å²) in [5.74, 6) is 0.565. The number of hydrogen-bond donors (Lipinski definition) is 1. The summed E-state index contributed by atoms with van der Waals surface area (Å²) in [7, 11) is 0. The SMILES string of the molecule is C=C/C(C#N)=C(/Nc1ccc(OCc2ccccn2)c(Cl)c1)c1cc(C)c(C)cc1C. The molecule has 0 aliphatic heterocycles. The Morgan fingerprint density at radius 2 is 1.90 bits per heavy atom. The number of aryl methyl sites for hydroxylation is 3. The summed E-state index contributed by atoms with van der Waals surface area (Å²) in [6, 6.07) is 17.6. The molecule has 0 bridgehead atoms. The molecule has 3 aromatic rings. The van der Waals surface area contributed by atoms with Crippen molar-refractivity contribution >= 4 is 23.0 Å². The van der Waals surface area contributed by atoms with E-state index in [4.69, 9.17) is 16.3 Å². The third kappa shape index (κ3) is 5.33. The minimum Gasteiger partial charge on any atom is -0.486 e. The van der Waals surface area contributed by atoms with Crippen LogP contribution in [-0.2, 0) is 6.61 Å². The first kappa shape index (κ1) is 22.1. The van der Waals surface area contributed by atoms with Gasteiger partial charge >= 0.3 is 0 Å². The van der Waals surface area contributed by atoms with Crippen molar-refractivity contribution in [1.82, 2.24) is 4.98 Å². The summed E-state index contributed by atoms with van der Waals surface area (Å²) in [4.78, 5) is 4.25. The van der Waals surface area contributed by atoms with Crippen LogP contribution >= 0.6 is 11.6 Å². The monoisotopic (exact) mass is 429 g/mol. The zero-order chi connectivity index (χ0) is 22.4. The molecule has 5 heteroatoms. The van der Waals surface area contributed by atoms with Crippen molar-refractivity contribution in [1.29, 1.82) is 5.26 Å². The molecule has 0 amide bonds. The van der Waals surface area contributed by atoms with Gasteiger partial charge in [-0.15, -0.1) is 0 Å². The molecule has 0 atom stereocenters. The number of hydrogen-bond acceptors (Lipinski definition) is 4. The molecule has 0 spiro atoms. The van der Waals surface area contributed by atoms with E-state index in [0.29, 0.717) is 28.6 Å². The van der Waals surface area contributed by atoms with Gasteiger partial charge < -0.3 is 10.1 Å². The quantitative estimate of drug-likeness (QED) is 0.332. The van der Waals surface area contributed by atoms with Gasteiger partial charge in [0.15, 0.2) is 0 Å². The van der Waals surface area contributed by atoms with E-state index >= 15 is 0 Å². The molecule has 0 radical (unpaired) electrons. The molecule has 0 aliphatic carbocycles. The van der Waals surface area contributed by atoms with Crippen molar-refractivity contribution < 1.29 is 4.74 Å². The Morgan fingerprint density at radius 3 is 2.55 bits per heavy atom. The first-order valence-corrected chi connectivity index (χ1v) is 10.2. The smallest absolute Gasteiger partial charge is 0.138 e. The summed E-state index contributed by atoms with van der Waals surface area (Å²) in [5, 5.41) is 13.5. The van der Waals surface area contributed by atoms with E-state index in [-0.39, 0.29) is 0 Å². The Hall–Kier alpha value is -3.55. The van der Waals surface area contributed by atoms with Crippen LogP contribution in [-0.4, -0.2) is 4.98 Å². The lowest BCUT2D eigenvalue weighted by Crippen LogP contribution is -2.05. The van der Waals surface area contributed by atoms with Crippen molar-refractivity contribution in [2.75, 3.05) is 5.32 Å². The maximum Gasteiger partial charge on any atom is 0.138 e. The Labute approximate surface area is 188 Å². The van der Waals surface area contributed by atoms with Gasteiger partial charge in [-0.25, -0.2) is 0 Å². The minimum atomic E-state index is 0.329. The lowest BCUT2D eigenvalue weighted by atomic mass is 9.96. The van der Waals surface area contributed by atoms with Gasteiger partial charge in [0.1, 0.15) is 18.4 Å². The second-order valence-corrected chi connectivity index (χ2v) is 7.64. The fraction of sp³-hybridized carbons (Fsp3) is 0.154. The summed E-state index contributed by atoms with van der Waals surface area (Å²) in [5.41, 5.74) is 7.09. The number of nitrogens with zero attached hydrogens (tertiary/aromatic N) is 2. The molecule has 0 aliphatic rings. The molecule has 0 saturated heterocycles. The van der Waals surface area contributed by atoms with Gasteiger partial charge in [0.05, 0.1) is 22.0 Å². The molecule has 2 aromatic carbocycles. The molecule has 0 fully saturated rings. The second-order valence-electron chi connectivity index (χ2n) is 7.24. The highest BCUT2D eigenvalue weighted by Gasteiger charge is 2.13. The summed E-state index contributed by atoms with van der Waals surface area (Å²) < 4.78 is 5.80. The molecule has 4 nitrogen and oxygen atoms in total. The molecule has 3 rings (SSSR count). The van der Waals surface area contributed by atoms with Crippen LogP contribution in [0.3, 0.4) is 0 Å². The molecule has 156 valence electrons. The molecule has 1 aromatic heterocycles. The molecule has 1 heterocycles. The van der Waals surface area contributed by atoms with E-state index < -0.39 is 0 Å². The minimum absolute atomic E-state index is 0.329. The predicted octanol–water partition coefficient (Wildman–Crippen LogP) is 6.77. The van der Waals surface area contributed by atoms with E-state index in [2.05, 4.69) is 48.9 Å². The van der Waals surface area contributed by atoms with Crippen molar-refractivity contribution in [2.45, 2.75) is 27.4 Å². The maximum absolute atomic E-state index is 9.66. The summed E-state index contributed by atoms with van der Waals surface area (Å²) in [6.07, 6.45) is 3.28.